The summed E-state index contributed by atoms with van der Waals surface area (Å²) in [7, 11) is 0. The second-order valence-electron chi connectivity index (χ2n) is 7.46. The third-order valence-electron chi connectivity index (χ3n) is 4.35. The summed E-state index contributed by atoms with van der Waals surface area (Å²) in [4.78, 5) is 22.3. The number of nitrogens with zero attached hydrogens (tertiary/aromatic N) is 3. The van der Waals surface area contributed by atoms with Crippen LogP contribution in [0.5, 0.6) is 0 Å². The first-order valence-corrected chi connectivity index (χ1v) is 7.92. The number of likely N-dealkylation sites (tertiary alicyclic amines) is 1. The summed E-state index contributed by atoms with van der Waals surface area (Å²) < 4.78 is 0. The van der Waals surface area contributed by atoms with Gasteiger partial charge >= 0.3 is 0 Å². The van der Waals surface area contributed by atoms with Gasteiger partial charge in [0.2, 0.25) is 0 Å². The van der Waals surface area contributed by atoms with Crippen molar-refractivity contribution in [2.75, 3.05) is 13.1 Å². The van der Waals surface area contributed by atoms with Crippen LogP contribution in [-0.2, 0) is 0 Å². The zero-order valence-corrected chi connectivity index (χ0v) is 13.7. The van der Waals surface area contributed by atoms with Crippen molar-refractivity contribution in [1.29, 1.82) is 0 Å². The molecule has 1 atom stereocenters. The molecule has 0 aromatic carbocycles. The molecule has 116 valence electrons. The molecule has 0 radical (unpaired) electrons. The van der Waals surface area contributed by atoms with Crippen molar-refractivity contribution in [3.05, 3.63) is 24.3 Å². The maximum atomic E-state index is 12.3. The Labute approximate surface area is 128 Å². The molecular weight excluding hydrogens is 262 g/mol. The fourth-order valence-electron chi connectivity index (χ4n) is 3.38. The van der Waals surface area contributed by atoms with E-state index in [1.54, 1.807) is 18.6 Å². The van der Waals surface area contributed by atoms with Gasteiger partial charge in [-0.15, -0.1) is 0 Å². The van der Waals surface area contributed by atoms with Gasteiger partial charge in [0.05, 0.1) is 6.20 Å². The van der Waals surface area contributed by atoms with Gasteiger partial charge in [-0.05, 0) is 36.5 Å². The van der Waals surface area contributed by atoms with E-state index in [1.807, 2.05) is 4.90 Å². The number of hydrogen-bond donors (Lipinski definition) is 0. The Morgan fingerprint density at radius 3 is 2.52 bits per heavy atom. The summed E-state index contributed by atoms with van der Waals surface area (Å²) in [6.45, 7) is 10.9. The van der Waals surface area contributed by atoms with Crippen LogP contribution in [0.1, 0.15) is 57.4 Å². The van der Waals surface area contributed by atoms with Gasteiger partial charge in [0.1, 0.15) is 5.69 Å². The molecule has 1 aromatic heterocycles. The maximum absolute atomic E-state index is 12.3. The van der Waals surface area contributed by atoms with E-state index in [0.717, 1.165) is 37.8 Å². The number of hydrogen-bond acceptors (Lipinski definition) is 3. The molecule has 0 saturated carbocycles. The first-order valence-electron chi connectivity index (χ1n) is 7.92. The third kappa shape index (κ3) is 4.51. The van der Waals surface area contributed by atoms with E-state index in [2.05, 4.69) is 37.7 Å². The van der Waals surface area contributed by atoms with Crippen LogP contribution in [0, 0.1) is 17.3 Å². The number of amides is 1. The summed E-state index contributed by atoms with van der Waals surface area (Å²) in [6, 6.07) is 0. The first-order chi connectivity index (χ1) is 9.87. The molecule has 1 aliphatic rings. The van der Waals surface area contributed by atoms with Gasteiger partial charge in [-0.3, -0.25) is 9.78 Å². The van der Waals surface area contributed by atoms with Crippen LogP contribution < -0.4 is 0 Å². The van der Waals surface area contributed by atoms with Crippen molar-refractivity contribution in [2.45, 2.75) is 47.0 Å². The molecule has 21 heavy (non-hydrogen) atoms. The lowest BCUT2D eigenvalue weighted by molar-refractivity contribution is 0.0638. The van der Waals surface area contributed by atoms with Crippen molar-refractivity contribution < 1.29 is 4.79 Å². The highest BCUT2D eigenvalue weighted by Crippen LogP contribution is 2.33. The number of carbonyl (C=O) groups is 1. The summed E-state index contributed by atoms with van der Waals surface area (Å²) in [6.07, 6.45) is 8.17. The van der Waals surface area contributed by atoms with Crippen LogP contribution in [0.25, 0.3) is 0 Å². The minimum atomic E-state index is 0.0185. The minimum Gasteiger partial charge on any atom is -0.337 e. The predicted octanol–water partition coefficient (Wildman–Crippen LogP) is 3.40. The van der Waals surface area contributed by atoms with Gasteiger partial charge in [0.15, 0.2) is 0 Å². The van der Waals surface area contributed by atoms with Crippen LogP contribution in [-0.4, -0.2) is 33.9 Å². The number of aromatic nitrogens is 2. The van der Waals surface area contributed by atoms with E-state index < -0.39 is 0 Å². The lowest BCUT2D eigenvalue weighted by Crippen LogP contribution is -2.40. The Balaban J connectivity index is 1.87. The molecule has 1 saturated heterocycles. The molecule has 2 heterocycles. The molecule has 0 spiro atoms. The van der Waals surface area contributed by atoms with E-state index in [0.29, 0.717) is 11.1 Å². The topological polar surface area (TPSA) is 46.1 Å². The van der Waals surface area contributed by atoms with Crippen molar-refractivity contribution >= 4 is 5.91 Å². The fraction of sp³-hybridized carbons (Fsp3) is 0.706. The summed E-state index contributed by atoms with van der Waals surface area (Å²) in [5, 5.41) is 0. The van der Waals surface area contributed by atoms with Crippen LogP contribution in [0.2, 0.25) is 0 Å². The van der Waals surface area contributed by atoms with Gasteiger partial charge in [-0.25, -0.2) is 4.98 Å². The van der Waals surface area contributed by atoms with E-state index >= 15 is 0 Å². The minimum absolute atomic E-state index is 0.0185. The SMILES string of the molecule is CC(CC(C)(C)C)C1CCN(C(=O)c2cnccn2)CC1. The zero-order chi connectivity index (χ0) is 15.5. The molecule has 1 fully saturated rings. The van der Waals surface area contributed by atoms with E-state index in [4.69, 9.17) is 0 Å². The molecule has 1 amide bonds. The molecular formula is C17H27N3O. The van der Waals surface area contributed by atoms with E-state index in [-0.39, 0.29) is 5.91 Å². The number of carbonyl (C=O) groups excluding carboxylic acids is 1. The van der Waals surface area contributed by atoms with Gasteiger partial charge in [-0.2, -0.15) is 0 Å². The second kappa shape index (κ2) is 6.54. The van der Waals surface area contributed by atoms with Crippen LogP contribution in [0.3, 0.4) is 0 Å². The van der Waals surface area contributed by atoms with Gasteiger partial charge in [-0.1, -0.05) is 27.7 Å². The van der Waals surface area contributed by atoms with Gasteiger partial charge in [0.25, 0.3) is 5.91 Å². The molecule has 1 aliphatic heterocycles. The Kier molecular flexibility index (Phi) is 4.96. The Morgan fingerprint density at radius 1 is 1.33 bits per heavy atom. The highest BCUT2D eigenvalue weighted by molar-refractivity contribution is 5.91. The average molecular weight is 289 g/mol. The molecule has 0 N–H and O–H groups in total. The standard InChI is InChI=1S/C17H27N3O/c1-13(11-17(2,3)4)14-5-9-20(10-6-14)16(21)15-12-18-7-8-19-15/h7-8,12-14H,5-6,9-11H2,1-4H3. The van der Waals surface area contributed by atoms with Crippen molar-refractivity contribution in [2.24, 2.45) is 17.3 Å². The predicted molar refractivity (Wildman–Crippen MR) is 83.9 cm³/mol. The number of rotatable bonds is 3. The monoisotopic (exact) mass is 289 g/mol. The molecule has 2 rings (SSSR count). The maximum Gasteiger partial charge on any atom is 0.274 e. The fourth-order valence-corrected chi connectivity index (χ4v) is 3.38. The van der Waals surface area contributed by atoms with Crippen molar-refractivity contribution in [3.8, 4) is 0 Å². The Hall–Kier alpha value is -1.45. The number of piperidine rings is 1. The second-order valence-corrected chi connectivity index (χ2v) is 7.46. The average Bonchev–Trinajstić information content (AvgIpc) is 2.46. The van der Waals surface area contributed by atoms with Crippen LogP contribution >= 0.6 is 0 Å². The Morgan fingerprint density at radius 2 is 2.00 bits per heavy atom. The molecule has 0 aliphatic carbocycles. The summed E-state index contributed by atoms with van der Waals surface area (Å²) in [5.41, 5.74) is 0.838. The summed E-state index contributed by atoms with van der Waals surface area (Å²) >= 11 is 0. The molecule has 4 heteroatoms. The molecule has 4 nitrogen and oxygen atoms in total. The van der Waals surface area contributed by atoms with Crippen molar-refractivity contribution in [1.82, 2.24) is 14.9 Å². The van der Waals surface area contributed by atoms with Gasteiger partial charge < -0.3 is 4.90 Å². The lowest BCUT2D eigenvalue weighted by atomic mass is 9.76. The Bertz CT molecular complexity index is 459. The highest BCUT2D eigenvalue weighted by Gasteiger charge is 2.29. The van der Waals surface area contributed by atoms with Crippen molar-refractivity contribution in [3.63, 3.8) is 0 Å². The van der Waals surface area contributed by atoms with E-state index in [1.165, 1.54) is 6.42 Å². The first kappa shape index (κ1) is 15.9. The normalized spacial score (nSPS) is 18.6. The zero-order valence-electron chi connectivity index (χ0n) is 13.7. The molecule has 1 unspecified atom stereocenters. The quantitative estimate of drug-likeness (QED) is 0.856. The smallest absolute Gasteiger partial charge is 0.274 e. The molecule has 0 bridgehead atoms. The van der Waals surface area contributed by atoms with Crippen LogP contribution in [0.15, 0.2) is 18.6 Å². The highest BCUT2D eigenvalue weighted by atomic mass is 16.2. The van der Waals surface area contributed by atoms with E-state index in [9.17, 15) is 4.79 Å². The van der Waals surface area contributed by atoms with Crippen LogP contribution in [0.4, 0.5) is 0 Å². The molecule has 1 aromatic rings. The third-order valence-corrected chi connectivity index (χ3v) is 4.35. The lowest BCUT2D eigenvalue weighted by Gasteiger charge is -2.36. The summed E-state index contributed by atoms with van der Waals surface area (Å²) in [5.74, 6) is 1.47. The van der Waals surface area contributed by atoms with Gasteiger partial charge in [0, 0.05) is 25.5 Å². The largest absolute Gasteiger partial charge is 0.337 e.